The van der Waals surface area contributed by atoms with Crippen molar-refractivity contribution in [3.8, 4) is 5.75 Å². The summed E-state index contributed by atoms with van der Waals surface area (Å²) in [4.78, 5) is 11.4. The first-order valence-corrected chi connectivity index (χ1v) is 7.38. The maximum atomic E-state index is 11.4. The highest BCUT2D eigenvalue weighted by molar-refractivity contribution is 6.67. The summed E-state index contributed by atoms with van der Waals surface area (Å²) < 4.78 is 7.31. The summed E-state index contributed by atoms with van der Waals surface area (Å²) in [6.45, 7) is 2.79. The van der Waals surface area contributed by atoms with Gasteiger partial charge in [-0.05, 0) is 53.9 Å². The Hall–Kier alpha value is -2.26. The summed E-state index contributed by atoms with van der Waals surface area (Å²) >= 11 is 5.59. The molecule has 0 bridgehead atoms. The van der Waals surface area contributed by atoms with Crippen LogP contribution in [0.3, 0.4) is 0 Å². The highest BCUT2D eigenvalue weighted by Crippen LogP contribution is 2.24. The predicted octanol–water partition coefficient (Wildman–Crippen LogP) is 4.39. The molecule has 4 heteroatoms. The minimum absolute atomic E-state index is 0.434. The fourth-order valence-corrected chi connectivity index (χ4v) is 2.77. The van der Waals surface area contributed by atoms with Gasteiger partial charge in [-0.1, -0.05) is 18.2 Å². The Labute approximate surface area is 134 Å². The third-order valence-corrected chi connectivity index (χ3v) is 4.04. The monoisotopic (exact) mass is 313 g/mol. The topological polar surface area (TPSA) is 31.2 Å². The molecule has 0 amide bonds. The molecule has 0 saturated heterocycles. The molecule has 0 atom stereocenters. The van der Waals surface area contributed by atoms with Crippen LogP contribution >= 0.6 is 11.6 Å². The molecule has 3 nitrogen and oxygen atoms in total. The molecule has 0 radical (unpaired) electrons. The van der Waals surface area contributed by atoms with Crippen LogP contribution in [0.25, 0.3) is 10.9 Å². The predicted molar refractivity (Wildman–Crippen MR) is 89.0 cm³/mol. The average molecular weight is 314 g/mol. The lowest BCUT2D eigenvalue weighted by Crippen LogP contribution is -1.99. The zero-order valence-corrected chi connectivity index (χ0v) is 13.2. The van der Waals surface area contributed by atoms with Crippen molar-refractivity contribution in [3.05, 3.63) is 65.4 Å². The van der Waals surface area contributed by atoms with E-state index in [4.69, 9.17) is 16.3 Å². The number of aryl methyl sites for hydroxylation is 1. The molecule has 0 spiro atoms. The highest BCUT2D eigenvalue weighted by Gasteiger charge is 2.09. The van der Waals surface area contributed by atoms with Crippen LogP contribution in [0.4, 0.5) is 0 Å². The number of nitrogens with zero attached hydrogens (tertiary/aromatic N) is 1. The van der Waals surface area contributed by atoms with Crippen LogP contribution in [0.5, 0.6) is 5.75 Å². The first kappa shape index (κ1) is 14.7. The standard InChI is InChI=1S/C18H16ClNO2/c1-12-10-20(11-13-3-6-15(22-2)7-4-13)17-9-14(18(19)21)5-8-16(12)17/h3-10H,11H2,1-2H3. The Bertz CT molecular complexity index is 834. The molecule has 22 heavy (non-hydrogen) atoms. The van der Waals surface area contributed by atoms with Gasteiger partial charge in [-0.3, -0.25) is 4.79 Å². The number of aromatic nitrogens is 1. The van der Waals surface area contributed by atoms with Crippen molar-refractivity contribution < 1.29 is 9.53 Å². The molecule has 2 aromatic carbocycles. The summed E-state index contributed by atoms with van der Waals surface area (Å²) in [5.74, 6) is 0.840. The van der Waals surface area contributed by atoms with Gasteiger partial charge in [-0.15, -0.1) is 0 Å². The van der Waals surface area contributed by atoms with E-state index in [2.05, 4.69) is 17.7 Å². The first-order valence-electron chi connectivity index (χ1n) is 7.01. The molecule has 112 valence electrons. The van der Waals surface area contributed by atoms with E-state index in [1.807, 2.05) is 36.4 Å². The Morgan fingerprint density at radius 2 is 1.91 bits per heavy atom. The molecular formula is C18H16ClNO2. The van der Waals surface area contributed by atoms with E-state index in [1.165, 1.54) is 11.1 Å². The van der Waals surface area contributed by atoms with E-state index in [-0.39, 0.29) is 0 Å². The van der Waals surface area contributed by atoms with E-state index in [0.717, 1.165) is 23.2 Å². The van der Waals surface area contributed by atoms with Gasteiger partial charge in [0.25, 0.3) is 5.24 Å². The lowest BCUT2D eigenvalue weighted by molar-refractivity contribution is 0.108. The molecule has 0 aliphatic rings. The number of benzene rings is 2. The van der Waals surface area contributed by atoms with E-state index < -0.39 is 5.24 Å². The van der Waals surface area contributed by atoms with Crippen molar-refractivity contribution in [2.24, 2.45) is 0 Å². The van der Waals surface area contributed by atoms with Crippen molar-refractivity contribution in [1.29, 1.82) is 0 Å². The van der Waals surface area contributed by atoms with Gasteiger partial charge in [0.05, 0.1) is 7.11 Å². The largest absolute Gasteiger partial charge is 0.497 e. The van der Waals surface area contributed by atoms with Crippen molar-refractivity contribution in [2.75, 3.05) is 7.11 Å². The number of carbonyl (C=O) groups is 1. The molecule has 0 unspecified atom stereocenters. The summed E-state index contributed by atoms with van der Waals surface area (Å²) in [7, 11) is 1.66. The van der Waals surface area contributed by atoms with E-state index in [9.17, 15) is 4.79 Å². The van der Waals surface area contributed by atoms with Gasteiger partial charge < -0.3 is 9.30 Å². The summed E-state index contributed by atoms with van der Waals surface area (Å²) in [5.41, 5.74) is 3.88. The number of hydrogen-bond acceptors (Lipinski definition) is 2. The van der Waals surface area contributed by atoms with Crippen molar-refractivity contribution in [1.82, 2.24) is 4.57 Å². The lowest BCUT2D eigenvalue weighted by atomic mass is 10.1. The molecule has 0 N–H and O–H groups in total. The Balaban J connectivity index is 2.01. The molecule has 0 saturated carbocycles. The van der Waals surface area contributed by atoms with E-state index >= 15 is 0 Å². The fraction of sp³-hybridized carbons (Fsp3) is 0.167. The van der Waals surface area contributed by atoms with Crippen LogP contribution in [0.15, 0.2) is 48.7 Å². The third-order valence-electron chi connectivity index (χ3n) is 3.82. The lowest BCUT2D eigenvalue weighted by Gasteiger charge is -2.07. The molecule has 0 aliphatic carbocycles. The number of halogens is 1. The van der Waals surface area contributed by atoms with E-state index in [1.54, 1.807) is 13.2 Å². The molecule has 1 heterocycles. The normalized spacial score (nSPS) is 10.9. The second-order valence-corrected chi connectivity index (χ2v) is 5.64. The maximum absolute atomic E-state index is 11.4. The highest BCUT2D eigenvalue weighted by atomic mass is 35.5. The van der Waals surface area contributed by atoms with Gasteiger partial charge in [-0.2, -0.15) is 0 Å². The maximum Gasteiger partial charge on any atom is 0.252 e. The number of carbonyl (C=O) groups excluding carboxylic acids is 1. The van der Waals surface area contributed by atoms with Crippen LogP contribution in [-0.4, -0.2) is 16.9 Å². The molecule has 1 aromatic heterocycles. The number of rotatable bonds is 4. The molecule has 0 aliphatic heterocycles. The van der Waals surface area contributed by atoms with Crippen molar-refractivity contribution in [2.45, 2.75) is 13.5 Å². The van der Waals surface area contributed by atoms with Crippen molar-refractivity contribution >= 4 is 27.7 Å². The van der Waals surface area contributed by atoms with Crippen LogP contribution in [0, 0.1) is 6.92 Å². The number of fused-ring (bicyclic) bond motifs is 1. The smallest absolute Gasteiger partial charge is 0.252 e. The van der Waals surface area contributed by atoms with E-state index in [0.29, 0.717) is 5.56 Å². The molecule has 3 aromatic rings. The van der Waals surface area contributed by atoms with Gasteiger partial charge in [0.1, 0.15) is 5.75 Å². The fourth-order valence-electron chi connectivity index (χ4n) is 2.66. The van der Waals surface area contributed by atoms with Gasteiger partial charge in [0.15, 0.2) is 0 Å². The average Bonchev–Trinajstić information content (AvgIpc) is 2.84. The first-order chi connectivity index (χ1) is 10.6. The summed E-state index contributed by atoms with van der Waals surface area (Å²) in [6, 6.07) is 13.5. The minimum Gasteiger partial charge on any atom is -0.497 e. The van der Waals surface area contributed by atoms with Crippen LogP contribution in [0.1, 0.15) is 21.5 Å². The molecule has 0 fully saturated rings. The molecule has 3 rings (SSSR count). The Morgan fingerprint density at radius 1 is 1.18 bits per heavy atom. The minimum atomic E-state index is -0.434. The third kappa shape index (κ3) is 2.72. The Morgan fingerprint density at radius 3 is 2.55 bits per heavy atom. The van der Waals surface area contributed by atoms with Gasteiger partial charge in [-0.25, -0.2) is 0 Å². The second-order valence-electron chi connectivity index (χ2n) is 5.29. The zero-order valence-electron chi connectivity index (χ0n) is 12.5. The number of ether oxygens (including phenoxy) is 1. The molecular weight excluding hydrogens is 298 g/mol. The number of hydrogen-bond donors (Lipinski definition) is 0. The second kappa shape index (κ2) is 5.85. The van der Waals surface area contributed by atoms with Gasteiger partial charge in [0, 0.05) is 29.2 Å². The summed E-state index contributed by atoms with van der Waals surface area (Å²) in [6.07, 6.45) is 2.09. The van der Waals surface area contributed by atoms with Gasteiger partial charge in [0.2, 0.25) is 0 Å². The number of methoxy groups -OCH3 is 1. The zero-order chi connectivity index (χ0) is 15.7. The van der Waals surface area contributed by atoms with Crippen LogP contribution < -0.4 is 4.74 Å². The van der Waals surface area contributed by atoms with Crippen LogP contribution in [0.2, 0.25) is 0 Å². The van der Waals surface area contributed by atoms with Gasteiger partial charge >= 0.3 is 0 Å². The van der Waals surface area contributed by atoms with Crippen LogP contribution in [-0.2, 0) is 6.54 Å². The summed E-state index contributed by atoms with van der Waals surface area (Å²) in [5, 5.41) is 0.701. The SMILES string of the molecule is COc1ccc(Cn2cc(C)c3ccc(C(=O)Cl)cc32)cc1. The Kier molecular flexibility index (Phi) is 3.90. The quantitative estimate of drug-likeness (QED) is 0.669. The van der Waals surface area contributed by atoms with Crippen molar-refractivity contribution in [3.63, 3.8) is 0 Å².